The van der Waals surface area contributed by atoms with Gasteiger partial charge < -0.3 is 11.1 Å². The molecule has 0 aromatic carbocycles. The molecule has 0 bridgehead atoms. The van der Waals surface area contributed by atoms with Gasteiger partial charge >= 0.3 is 0 Å². The van der Waals surface area contributed by atoms with Crippen LogP contribution in [0.5, 0.6) is 0 Å². The first-order valence-electron chi connectivity index (χ1n) is 2.62. The molecular formula is C5H12N2S. The maximum atomic E-state index is 5.31. The van der Waals surface area contributed by atoms with E-state index in [0.717, 1.165) is 6.54 Å². The number of hydrogen-bond acceptors (Lipinski definition) is 2. The molecule has 3 N–H and O–H groups in total. The molecule has 0 spiro atoms. The molecule has 8 heavy (non-hydrogen) atoms. The monoisotopic (exact) mass is 132 g/mol. The highest BCUT2D eigenvalue weighted by molar-refractivity contribution is 7.80. The van der Waals surface area contributed by atoms with Crippen LogP contribution in [-0.4, -0.2) is 18.6 Å². The molecule has 0 heterocycles. The van der Waals surface area contributed by atoms with Crippen LogP contribution in [0.3, 0.4) is 0 Å². The molecule has 0 fully saturated rings. The van der Waals surface area contributed by atoms with E-state index in [1.165, 1.54) is 0 Å². The average molecular weight is 132 g/mol. The third-order valence-corrected chi connectivity index (χ3v) is 1.40. The van der Waals surface area contributed by atoms with Gasteiger partial charge in [-0.05, 0) is 7.05 Å². The standard InChI is InChI=1S/C5H12N2S/c1-4(3-7-2)5(6)8/h4,7H,3H2,1-2H3,(H2,6,8). The molecule has 1 atom stereocenters. The average Bonchev–Trinajstić information content (AvgIpc) is 1.67. The fourth-order valence-corrected chi connectivity index (χ4v) is 0.490. The lowest BCUT2D eigenvalue weighted by atomic mass is 10.2. The molecule has 3 heteroatoms. The number of hydrogen-bond donors (Lipinski definition) is 2. The molecule has 0 saturated heterocycles. The van der Waals surface area contributed by atoms with E-state index in [2.05, 4.69) is 5.32 Å². The van der Waals surface area contributed by atoms with Crippen molar-refractivity contribution in [3.8, 4) is 0 Å². The summed E-state index contributed by atoms with van der Waals surface area (Å²) in [6, 6.07) is 0. The van der Waals surface area contributed by atoms with Gasteiger partial charge in [-0.2, -0.15) is 0 Å². The highest BCUT2D eigenvalue weighted by atomic mass is 32.1. The lowest BCUT2D eigenvalue weighted by Crippen LogP contribution is -2.27. The Morgan fingerprint density at radius 3 is 2.50 bits per heavy atom. The summed E-state index contributed by atoms with van der Waals surface area (Å²) < 4.78 is 0. The second-order valence-electron chi connectivity index (χ2n) is 1.86. The molecule has 0 aliphatic rings. The molecule has 0 rings (SSSR count). The number of nitrogens with one attached hydrogen (secondary N) is 1. The number of rotatable bonds is 3. The van der Waals surface area contributed by atoms with Crippen LogP contribution >= 0.6 is 12.2 Å². The Hall–Kier alpha value is -0.150. The molecule has 0 radical (unpaired) electrons. The Balaban J connectivity index is 3.32. The molecule has 0 amide bonds. The van der Waals surface area contributed by atoms with Crippen molar-refractivity contribution >= 4 is 17.2 Å². The maximum absolute atomic E-state index is 5.31. The van der Waals surface area contributed by atoms with E-state index in [9.17, 15) is 0 Å². The topological polar surface area (TPSA) is 38.0 Å². The van der Waals surface area contributed by atoms with Crippen molar-refractivity contribution in [1.82, 2.24) is 5.32 Å². The van der Waals surface area contributed by atoms with Gasteiger partial charge in [0.1, 0.15) is 0 Å². The maximum Gasteiger partial charge on any atom is 0.0768 e. The smallest absolute Gasteiger partial charge is 0.0768 e. The van der Waals surface area contributed by atoms with Crippen LogP contribution in [0.4, 0.5) is 0 Å². The van der Waals surface area contributed by atoms with E-state index in [4.69, 9.17) is 18.0 Å². The summed E-state index contributed by atoms with van der Waals surface area (Å²) in [6.07, 6.45) is 0. The van der Waals surface area contributed by atoms with E-state index >= 15 is 0 Å². The van der Waals surface area contributed by atoms with Gasteiger partial charge in [-0.25, -0.2) is 0 Å². The van der Waals surface area contributed by atoms with Gasteiger partial charge in [-0.3, -0.25) is 0 Å². The highest BCUT2D eigenvalue weighted by Crippen LogP contribution is 1.89. The minimum Gasteiger partial charge on any atom is -0.393 e. The minimum atomic E-state index is 0.315. The van der Waals surface area contributed by atoms with Crippen molar-refractivity contribution in [2.75, 3.05) is 13.6 Å². The SMILES string of the molecule is CNCC(C)C(N)=S. The van der Waals surface area contributed by atoms with Crippen molar-refractivity contribution in [3.05, 3.63) is 0 Å². The Morgan fingerprint density at radius 1 is 1.88 bits per heavy atom. The van der Waals surface area contributed by atoms with Crippen molar-refractivity contribution in [2.45, 2.75) is 6.92 Å². The summed E-state index contributed by atoms with van der Waals surface area (Å²) in [6.45, 7) is 2.87. The summed E-state index contributed by atoms with van der Waals surface area (Å²) in [5.41, 5.74) is 5.31. The number of nitrogens with two attached hydrogens (primary N) is 1. The highest BCUT2D eigenvalue weighted by Gasteiger charge is 2.00. The normalized spacial score (nSPS) is 13.2. The van der Waals surface area contributed by atoms with Crippen LogP contribution in [0.15, 0.2) is 0 Å². The lowest BCUT2D eigenvalue weighted by Gasteiger charge is -2.06. The third kappa shape index (κ3) is 2.93. The summed E-state index contributed by atoms with van der Waals surface area (Å²) in [7, 11) is 1.88. The largest absolute Gasteiger partial charge is 0.393 e. The fraction of sp³-hybridized carbons (Fsp3) is 0.800. The molecule has 0 aliphatic carbocycles. The van der Waals surface area contributed by atoms with E-state index in [1.54, 1.807) is 0 Å². The van der Waals surface area contributed by atoms with Crippen LogP contribution < -0.4 is 11.1 Å². The predicted octanol–water partition coefficient (Wildman–Crippen LogP) is 0.128. The summed E-state index contributed by atoms with van der Waals surface area (Å²) in [4.78, 5) is 0.583. The summed E-state index contributed by atoms with van der Waals surface area (Å²) in [5.74, 6) is 0.315. The van der Waals surface area contributed by atoms with Gasteiger partial charge in [0.15, 0.2) is 0 Å². The van der Waals surface area contributed by atoms with Gasteiger partial charge in [0, 0.05) is 12.5 Å². The van der Waals surface area contributed by atoms with E-state index in [-0.39, 0.29) is 0 Å². The van der Waals surface area contributed by atoms with Crippen LogP contribution in [0, 0.1) is 5.92 Å². The zero-order valence-corrected chi connectivity index (χ0v) is 6.09. The fourth-order valence-electron chi connectivity index (χ4n) is 0.407. The second kappa shape index (κ2) is 3.80. The summed E-state index contributed by atoms with van der Waals surface area (Å²) in [5, 5.41) is 2.98. The van der Waals surface area contributed by atoms with Crippen LogP contribution in [0.1, 0.15) is 6.92 Å². The van der Waals surface area contributed by atoms with Gasteiger partial charge in [-0.15, -0.1) is 0 Å². The third-order valence-electron chi connectivity index (χ3n) is 0.996. The second-order valence-corrected chi connectivity index (χ2v) is 2.33. The van der Waals surface area contributed by atoms with Crippen molar-refractivity contribution < 1.29 is 0 Å². The Labute approximate surface area is 55.4 Å². The zero-order chi connectivity index (χ0) is 6.57. The van der Waals surface area contributed by atoms with E-state index in [0.29, 0.717) is 10.9 Å². The molecule has 0 aromatic rings. The first-order valence-corrected chi connectivity index (χ1v) is 3.03. The van der Waals surface area contributed by atoms with Crippen molar-refractivity contribution in [3.63, 3.8) is 0 Å². The van der Waals surface area contributed by atoms with Gasteiger partial charge in [0.2, 0.25) is 0 Å². The summed E-state index contributed by atoms with van der Waals surface area (Å²) >= 11 is 4.72. The first kappa shape index (κ1) is 7.85. The van der Waals surface area contributed by atoms with Crippen LogP contribution in [0.2, 0.25) is 0 Å². The van der Waals surface area contributed by atoms with Gasteiger partial charge in [-0.1, -0.05) is 19.1 Å². The molecule has 0 saturated carbocycles. The predicted molar refractivity (Wildman–Crippen MR) is 39.9 cm³/mol. The number of thiocarbonyl (C=S) groups is 1. The van der Waals surface area contributed by atoms with Crippen LogP contribution in [0.25, 0.3) is 0 Å². The minimum absolute atomic E-state index is 0.315. The molecule has 48 valence electrons. The molecule has 0 aliphatic heterocycles. The Morgan fingerprint density at radius 2 is 2.38 bits per heavy atom. The lowest BCUT2D eigenvalue weighted by molar-refractivity contribution is 0.683. The van der Waals surface area contributed by atoms with E-state index in [1.807, 2.05) is 14.0 Å². The Bertz CT molecular complexity index is 82.5. The molecular weight excluding hydrogens is 120 g/mol. The van der Waals surface area contributed by atoms with Crippen molar-refractivity contribution in [2.24, 2.45) is 11.7 Å². The van der Waals surface area contributed by atoms with Crippen LogP contribution in [-0.2, 0) is 0 Å². The van der Waals surface area contributed by atoms with E-state index < -0.39 is 0 Å². The molecule has 1 unspecified atom stereocenters. The molecule has 2 nitrogen and oxygen atoms in total. The Kier molecular flexibility index (Phi) is 3.73. The quantitative estimate of drug-likeness (QED) is 0.536. The first-order chi connectivity index (χ1) is 3.68. The molecule has 0 aromatic heterocycles. The zero-order valence-electron chi connectivity index (χ0n) is 5.27. The van der Waals surface area contributed by atoms with Crippen molar-refractivity contribution in [1.29, 1.82) is 0 Å². The van der Waals surface area contributed by atoms with Gasteiger partial charge in [0.05, 0.1) is 4.99 Å². The van der Waals surface area contributed by atoms with Gasteiger partial charge in [0.25, 0.3) is 0 Å².